The van der Waals surface area contributed by atoms with Crippen LogP contribution in [0.3, 0.4) is 0 Å². The Bertz CT molecular complexity index is 1230. The number of esters is 2. The van der Waals surface area contributed by atoms with Gasteiger partial charge in [-0.2, -0.15) is 0 Å². The Kier molecular flexibility index (Phi) is 7.58. The first-order chi connectivity index (χ1) is 19.5. The van der Waals surface area contributed by atoms with Crippen LogP contribution in [0, 0.1) is 35.0 Å². The molecular weight excluding hydrogens is 564 g/mol. The lowest BCUT2D eigenvalue weighted by molar-refractivity contribution is -0.276. The number of aliphatic hydroxyl groups excluding tert-OH is 3. The molecule has 2 spiro atoms. The number of aliphatic hydroxyl groups is 4. The molecule has 13 atom stereocenters. The van der Waals surface area contributed by atoms with Gasteiger partial charge in [-0.1, -0.05) is 13.8 Å². The minimum atomic E-state index is -2.15. The van der Waals surface area contributed by atoms with Crippen molar-refractivity contribution < 1.29 is 59.2 Å². The average Bonchev–Trinajstić information content (AvgIpc) is 3.01. The second-order valence-corrected chi connectivity index (χ2v) is 14.3. The highest BCUT2D eigenvalue weighted by atomic mass is 16.7. The number of carbonyl (C=O) groups is 3. The Morgan fingerprint density at radius 3 is 2.37 bits per heavy atom. The minimum absolute atomic E-state index is 0. The highest BCUT2D eigenvalue weighted by Gasteiger charge is 2.85. The largest absolute Gasteiger partial charge is 0.453 e. The molecule has 12 nitrogen and oxygen atoms in total. The van der Waals surface area contributed by atoms with Gasteiger partial charge in [-0.05, 0) is 76.7 Å². The summed E-state index contributed by atoms with van der Waals surface area (Å²) in [4.78, 5) is 38.6. The maximum atomic E-state index is 14.1. The summed E-state index contributed by atoms with van der Waals surface area (Å²) in [5.41, 5.74) is -3.56. The van der Waals surface area contributed by atoms with Gasteiger partial charge in [-0.25, -0.2) is 4.79 Å². The van der Waals surface area contributed by atoms with Crippen molar-refractivity contribution in [2.24, 2.45) is 35.0 Å². The maximum Gasteiger partial charge on any atom is 0.334 e. The zero-order valence-electron chi connectivity index (χ0n) is 25.7. The van der Waals surface area contributed by atoms with Gasteiger partial charge in [-0.3, -0.25) is 9.59 Å². The van der Waals surface area contributed by atoms with E-state index >= 15 is 0 Å². The summed E-state index contributed by atoms with van der Waals surface area (Å²) in [5.74, 6) is -5.88. The van der Waals surface area contributed by atoms with Crippen LogP contribution in [0.5, 0.6) is 0 Å². The van der Waals surface area contributed by atoms with Crippen LogP contribution in [0.15, 0.2) is 11.6 Å². The lowest BCUT2D eigenvalue weighted by Gasteiger charge is -2.45. The molecule has 0 aromatic carbocycles. The van der Waals surface area contributed by atoms with E-state index < -0.39 is 87.9 Å². The molecule has 6 N–H and O–H groups in total. The molecule has 2 saturated carbocycles. The van der Waals surface area contributed by atoms with Crippen LogP contribution in [0.25, 0.3) is 0 Å². The van der Waals surface area contributed by atoms with Crippen molar-refractivity contribution in [1.82, 2.24) is 0 Å². The quantitative estimate of drug-likeness (QED) is 0.321. The summed E-state index contributed by atoms with van der Waals surface area (Å²) in [6.07, 6.45) is -0.517. The molecule has 7 aliphatic rings. The van der Waals surface area contributed by atoms with Crippen molar-refractivity contribution in [3.8, 4) is 0 Å². The zero-order chi connectivity index (χ0) is 30.8. The van der Waals surface area contributed by atoms with Crippen molar-refractivity contribution in [2.75, 3.05) is 6.61 Å². The van der Waals surface area contributed by atoms with Gasteiger partial charge in [0.25, 0.3) is 0 Å². The van der Waals surface area contributed by atoms with Crippen molar-refractivity contribution >= 4 is 17.7 Å². The normalized spacial score (nSPS) is 49.7. The van der Waals surface area contributed by atoms with E-state index in [1.54, 1.807) is 19.9 Å². The van der Waals surface area contributed by atoms with Gasteiger partial charge in [0.2, 0.25) is 5.79 Å². The fourth-order valence-electron chi connectivity index (χ4n) is 10.1. The summed E-state index contributed by atoms with van der Waals surface area (Å²) < 4.78 is 24.1. The fraction of sp³-hybridized carbons (Fsp3) is 0.839. The first kappa shape index (κ1) is 32.5. The highest BCUT2D eigenvalue weighted by Crippen LogP contribution is 2.75. The Morgan fingerprint density at radius 1 is 1.12 bits per heavy atom. The summed E-state index contributed by atoms with van der Waals surface area (Å²) in [6.45, 7) is 11.3. The molecule has 242 valence electrons. The molecule has 0 unspecified atom stereocenters. The number of hydrogen-bond acceptors (Lipinski definition) is 11. The second kappa shape index (κ2) is 10.0. The van der Waals surface area contributed by atoms with E-state index in [0.29, 0.717) is 24.8 Å². The van der Waals surface area contributed by atoms with Crippen molar-refractivity contribution in [3.05, 3.63) is 11.6 Å². The molecular formula is C31H46O12. The molecule has 5 aliphatic heterocycles. The van der Waals surface area contributed by atoms with Crippen LogP contribution < -0.4 is 0 Å². The molecule has 4 saturated heterocycles. The topological polar surface area (TPSA) is 201 Å². The monoisotopic (exact) mass is 610 g/mol. The Hall–Kier alpha value is -1.93. The number of cyclic esters (lactones) is 1. The summed E-state index contributed by atoms with van der Waals surface area (Å²) in [6, 6.07) is 0. The van der Waals surface area contributed by atoms with E-state index in [0.717, 1.165) is 0 Å². The first-order valence-corrected chi connectivity index (χ1v) is 15.3. The molecule has 7 rings (SSSR count). The van der Waals surface area contributed by atoms with Gasteiger partial charge in [-0.15, -0.1) is 0 Å². The lowest BCUT2D eigenvalue weighted by Crippen LogP contribution is -2.63. The van der Waals surface area contributed by atoms with Crippen LogP contribution in [0.2, 0.25) is 0 Å². The maximum absolute atomic E-state index is 14.1. The summed E-state index contributed by atoms with van der Waals surface area (Å²) in [5, 5.41) is 43.0. The van der Waals surface area contributed by atoms with Crippen LogP contribution in [-0.4, -0.2) is 97.2 Å². The van der Waals surface area contributed by atoms with Crippen LogP contribution >= 0.6 is 0 Å². The third-order valence-electron chi connectivity index (χ3n) is 11.8. The zero-order valence-corrected chi connectivity index (χ0v) is 25.7. The standard InChI is InChI=1S/C29H38O10.C2H6O.H2O/c1-12-10-15(36-23(12)33)20(31)13(2)19-21-26(19,5)8-9-27-14(22(32)29(21,35)39-27)6-7-16-25(3,4)37-17-11-18(30)38-28(16,17)24(27)34;1-2-3;/h10,13-17,19-21,24,31,34-35H,6-9,11H2,1-5H3;3H,2H2,1H3;1H2/t13-,14-,15-,16-,17+,19+,20-,21-,24-,26+,27+,28+,29-;;/m0../s1. The number of ether oxygens (including phenoxy) is 4. The van der Waals surface area contributed by atoms with Gasteiger partial charge in [0.05, 0.1) is 24.0 Å². The predicted octanol–water partition coefficient (Wildman–Crippen LogP) is 0.352. The number of rotatable bonds is 3. The van der Waals surface area contributed by atoms with Gasteiger partial charge in [0, 0.05) is 24.0 Å². The average molecular weight is 611 g/mol. The third-order valence-corrected chi connectivity index (χ3v) is 11.8. The second-order valence-electron chi connectivity index (χ2n) is 14.3. The highest BCUT2D eigenvalue weighted by molar-refractivity contribution is 5.93. The number of fused-ring (bicyclic) bond motifs is 3. The van der Waals surface area contributed by atoms with E-state index in [1.807, 2.05) is 27.7 Å². The van der Waals surface area contributed by atoms with Gasteiger partial charge in [0.1, 0.15) is 23.9 Å². The summed E-state index contributed by atoms with van der Waals surface area (Å²) in [7, 11) is 0. The van der Waals surface area contributed by atoms with E-state index in [2.05, 4.69) is 0 Å². The lowest BCUT2D eigenvalue weighted by atomic mass is 9.67. The van der Waals surface area contributed by atoms with E-state index in [4.69, 9.17) is 24.1 Å². The molecule has 43 heavy (non-hydrogen) atoms. The van der Waals surface area contributed by atoms with Crippen LogP contribution in [0.1, 0.15) is 73.6 Å². The summed E-state index contributed by atoms with van der Waals surface area (Å²) >= 11 is 0. The smallest absolute Gasteiger partial charge is 0.334 e. The molecule has 0 amide bonds. The Labute approximate surface area is 251 Å². The number of ketones is 1. The van der Waals surface area contributed by atoms with Crippen LogP contribution in [0.4, 0.5) is 0 Å². The van der Waals surface area contributed by atoms with E-state index in [-0.39, 0.29) is 36.8 Å². The molecule has 5 heterocycles. The van der Waals surface area contributed by atoms with Gasteiger partial charge in [0.15, 0.2) is 11.4 Å². The predicted molar refractivity (Wildman–Crippen MR) is 148 cm³/mol. The Morgan fingerprint density at radius 2 is 1.77 bits per heavy atom. The molecule has 2 aliphatic carbocycles. The number of hydrogen-bond donors (Lipinski definition) is 4. The fourth-order valence-corrected chi connectivity index (χ4v) is 10.1. The third kappa shape index (κ3) is 4.03. The molecule has 0 aromatic heterocycles. The van der Waals surface area contributed by atoms with Crippen molar-refractivity contribution in [2.45, 2.75) is 121 Å². The van der Waals surface area contributed by atoms with E-state index in [1.165, 1.54) is 0 Å². The van der Waals surface area contributed by atoms with Crippen molar-refractivity contribution in [1.29, 1.82) is 0 Å². The molecule has 12 heteroatoms. The van der Waals surface area contributed by atoms with Gasteiger partial charge >= 0.3 is 11.9 Å². The molecule has 0 aromatic rings. The van der Waals surface area contributed by atoms with E-state index in [9.17, 15) is 29.7 Å². The van der Waals surface area contributed by atoms with Crippen molar-refractivity contribution in [3.63, 3.8) is 0 Å². The van der Waals surface area contributed by atoms with Gasteiger partial charge < -0.3 is 44.8 Å². The molecule has 6 fully saturated rings. The molecule has 2 bridgehead atoms. The number of carbonyl (C=O) groups excluding carboxylic acids is 3. The SMILES string of the molecule is CC1=C[C@@H]([C@@H](O)[C@@H](C)[C@@H]2[C@H]3[C@]2(C)CC[C@@]24O[C@]3(O)C(=O)[C@@H]2CC[C@H]2C(C)(C)O[C@@H]3CC(=O)O[C@@]32[C@H]4O)OC1=O.CCO.O. The molecule has 0 radical (unpaired) electrons. The first-order valence-electron chi connectivity index (χ1n) is 15.3. The van der Waals surface area contributed by atoms with Crippen LogP contribution in [-0.2, 0) is 33.3 Å². The Balaban J connectivity index is 0.000000885. The number of Topliss-reactive ketones (excluding diaryl/α,β-unsaturated/α-hetero) is 1. The minimum Gasteiger partial charge on any atom is -0.453 e.